The molecule has 12 aromatic rings. The van der Waals surface area contributed by atoms with Crippen molar-refractivity contribution < 1.29 is 0 Å². The van der Waals surface area contributed by atoms with Gasteiger partial charge in [0.05, 0.1) is 5.69 Å². The summed E-state index contributed by atoms with van der Waals surface area (Å²) in [6.45, 7) is 0. The molecule has 0 saturated carbocycles. The number of hydrogen-bond donors (Lipinski definition) is 0. The predicted octanol–water partition coefficient (Wildman–Crippen LogP) is 18.2. The van der Waals surface area contributed by atoms with Crippen LogP contribution in [0.2, 0.25) is 0 Å². The third-order valence-electron chi connectivity index (χ3n) is 12.7. The maximum absolute atomic E-state index is 2.40. The largest absolute Gasteiger partial charge is 0.310 e. The van der Waals surface area contributed by atoms with E-state index < -0.39 is 0 Å². The van der Waals surface area contributed by atoms with Gasteiger partial charge in [0.1, 0.15) is 0 Å². The van der Waals surface area contributed by atoms with Gasteiger partial charge in [0.15, 0.2) is 0 Å². The van der Waals surface area contributed by atoms with E-state index in [0.717, 1.165) is 17.1 Å². The van der Waals surface area contributed by atoms with Crippen LogP contribution in [0.1, 0.15) is 0 Å². The van der Waals surface area contributed by atoms with E-state index in [2.05, 4.69) is 254 Å². The van der Waals surface area contributed by atoms with Gasteiger partial charge in [-0.25, -0.2) is 0 Å². The minimum Gasteiger partial charge on any atom is -0.310 e. The zero-order valence-electron chi connectivity index (χ0n) is 35.0. The summed E-state index contributed by atoms with van der Waals surface area (Å²) in [5, 5.41) is 7.53. The van der Waals surface area contributed by atoms with Crippen LogP contribution < -0.4 is 4.90 Å². The summed E-state index contributed by atoms with van der Waals surface area (Å²) in [5.41, 5.74) is 15.6. The SMILES string of the molecule is c1ccc(-c2cc(-c3ccc(N(c4ccc(-c5cccc6c5sc5c(-c7ccccc7)cccc56)cc4)c4cccc5ccccc45)cc3)ccc2-c2cccc3ccccc23)cc1. The maximum Gasteiger partial charge on any atom is 0.0540 e. The third kappa shape index (κ3) is 6.64. The van der Waals surface area contributed by atoms with E-state index in [-0.39, 0.29) is 0 Å². The lowest BCUT2D eigenvalue weighted by atomic mass is 9.89. The molecule has 0 bridgehead atoms. The van der Waals surface area contributed by atoms with E-state index in [0.29, 0.717) is 0 Å². The van der Waals surface area contributed by atoms with E-state index in [4.69, 9.17) is 0 Å². The van der Waals surface area contributed by atoms with Crippen molar-refractivity contribution in [2.24, 2.45) is 0 Å². The molecule has 0 N–H and O–H groups in total. The van der Waals surface area contributed by atoms with Crippen LogP contribution in [0.4, 0.5) is 17.1 Å². The van der Waals surface area contributed by atoms with Crippen molar-refractivity contribution in [2.75, 3.05) is 4.90 Å². The normalized spacial score (nSPS) is 11.4. The number of fused-ring (bicyclic) bond motifs is 5. The molecule has 1 aromatic heterocycles. The van der Waals surface area contributed by atoms with Crippen molar-refractivity contribution in [2.45, 2.75) is 0 Å². The standard InChI is InChI=1S/C62H41NS/c1-3-15-45(16-4-1)53-25-13-28-57-58-29-14-26-54(62(58)64-61(53)57)47-33-38-50(39-34-47)63(60-30-12-22-44-20-8-10-24-52(44)60)49-36-31-42(32-37-49)48-35-40-56(59(41-48)46-17-5-2-6-18-46)55-27-11-21-43-19-7-9-23-51(43)55/h1-41H. The minimum atomic E-state index is 1.10. The minimum absolute atomic E-state index is 1.10. The molecule has 0 aliphatic heterocycles. The van der Waals surface area contributed by atoms with Crippen LogP contribution in [0, 0.1) is 0 Å². The zero-order valence-corrected chi connectivity index (χ0v) is 35.8. The Kier molecular flexibility index (Phi) is 9.43. The van der Waals surface area contributed by atoms with Crippen molar-refractivity contribution in [3.63, 3.8) is 0 Å². The average molecular weight is 832 g/mol. The number of hydrogen-bond acceptors (Lipinski definition) is 2. The zero-order chi connectivity index (χ0) is 42.4. The van der Waals surface area contributed by atoms with Gasteiger partial charge in [0.2, 0.25) is 0 Å². The van der Waals surface area contributed by atoms with Crippen LogP contribution in [0.15, 0.2) is 249 Å². The molecule has 0 atom stereocenters. The van der Waals surface area contributed by atoms with Crippen LogP contribution >= 0.6 is 11.3 Å². The Morgan fingerprint density at radius 1 is 0.250 bits per heavy atom. The lowest BCUT2D eigenvalue weighted by molar-refractivity contribution is 1.30. The smallest absolute Gasteiger partial charge is 0.0540 e. The second-order valence-electron chi connectivity index (χ2n) is 16.4. The molecule has 0 unspecified atom stereocenters. The van der Waals surface area contributed by atoms with Crippen LogP contribution in [0.25, 0.3) is 97.4 Å². The van der Waals surface area contributed by atoms with Crippen molar-refractivity contribution >= 4 is 70.1 Å². The first-order chi connectivity index (χ1) is 31.7. The number of anilines is 3. The first-order valence-corrected chi connectivity index (χ1v) is 22.7. The van der Waals surface area contributed by atoms with Crippen LogP contribution in [-0.4, -0.2) is 0 Å². The first-order valence-electron chi connectivity index (χ1n) is 21.9. The van der Waals surface area contributed by atoms with Crippen molar-refractivity contribution in [1.29, 1.82) is 0 Å². The second kappa shape index (κ2) is 16.0. The van der Waals surface area contributed by atoms with Gasteiger partial charge in [0.25, 0.3) is 0 Å². The summed E-state index contributed by atoms with van der Waals surface area (Å²) in [6, 6.07) is 90.8. The molecule has 300 valence electrons. The van der Waals surface area contributed by atoms with Crippen LogP contribution in [-0.2, 0) is 0 Å². The van der Waals surface area contributed by atoms with E-state index in [1.807, 2.05) is 11.3 Å². The summed E-state index contributed by atoms with van der Waals surface area (Å²) in [7, 11) is 0. The molecule has 0 aliphatic rings. The molecule has 2 heteroatoms. The fourth-order valence-corrected chi connectivity index (χ4v) is 11.0. The van der Waals surface area contributed by atoms with Gasteiger partial charge in [-0.05, 0) is 108 Å². The highest BCUT2D eigenvalue weighted by Crippen LogP contribution is 2.46. The Morgan fingerprint density at radius 2 is 0.688 bits per heavy atom. The van der Waals surface area contributed by atoms with E-state index in [1.165, 1.54) is 97.4 Å². The van der Waals surface area contributed by atoms with E-state index in [9.17, 15) is 0 Å². The molecular weight excluding hydrogens is 791 g/mol. The fourth-order valence-electron chi connectivity index (χ4n) is 9.59. The molecule has 0 aliphatic carbocycles. The quantitative estimate of drug-likeness (QED) is 0.147. The first kappa shape index (κ1) is 37.7. The molecule has 12 rings (SSSR count). The summed E-state index contributed by atoms with van der Waals surface area (Å²) in [5.74, 6) is 0. The lowest BCUT2D eigenvalue weighted by Crippen LogP contribution is -2.10. The van der Waals surface area contributed by atoms with Gasteiger partial charge in [-0.3, -0.25) is 0 Å². The molecule has 64 heavy (non-hydrogen) atoms. The Morgan fingerprint density at radius 3 is 1.33 bits per heavy atom. The molecule has 0 amide bonds. The van der Waals surface area contributed by atoms with E-state index in [1.54, 1.807) is 0 Å². The number of rotatable bonds is 8. The second-order valence-corrected chi connectivity index (χ2v) is 17.4. The molecular formula is C62H41NS. The van der Waals surface area contributed by atoms with Gasteiger partial charge < -0.3 is 4.90 Å². The average Bonchev–Trinajstić information content (AvgIpc) is 3.77. The van der Waals surface area contributed by atoms with Crippen molar-refractivity contribution in [3.05, 3.63) is 249 Å². The molecule has 0 spiro atoms. The molecule has 11 aromatic carbocycles. The van der Waals surface area contributed by atoms with Crippen molar-refractivity contribution in [3.8, 4) is 55.6 Å². The molecule has 0 fully saturated rings. The van der Waals surface area contributed by atoms with Crippen LogP contribution in [0.3, 0.4) is 0 Å². The molecule has 0 radical (unpaired) electrons. The predicted molar refractivity (Wildman–Crippen MR) is 276 cm³/mol. The van der Waals surface area contributed by atoms with Gasteiger partial charge in [0, 0.05) is 36.9 Å². The Balaban J connectivity index is 0.944. The highest BCUT2D eigenvalue weighted by Gasteiger charge is 2.19. The van der Waals surface area contributed by atoms with Crippen LogP contribution in [0.5, 0.6) is 0 Å². The van der Waals surface area contributed by atoms with Gasteiger partial charge in [-0.2, -0.15) is 0 Å². The van der Waals surface area contributed by atoms with Gasteiger partial charge in [-0.15, -0.1) is 11.3 Å². The molecule has 1 heterocycles. The van der Waals surface area contributed by atoms with Gasteiger partial charge >= 0.3 is 0 Å². The van der Waals surface area contributed by atoms with E-state index >= 15 is 0 Å². The highest BCUT2D eigenvalue weighted by molar-refractivity contribution is 7.26. The highest BCUT2D eigenvalue weighted by atomic mass is 32.1. The summed E-state index contributed by atoms with van der Waals surface area (Å²) in [6.07, 6.45) is 0. The summed E-state index contributed by atoms with van der Waals surface area (Å²) < 4.78 is 2.64. The monoisotopic (exact) mass is 831 g/mol. The third-order valence-corrected chi connectivity index (χ3v) is 14.0. The topological polar surface area (TPSA) is 3.24 Å². The number of benzene rings is 11. The summed E-state index contributed by atoms with van der Waals surface area (Å²) >= 11 is 1.90. The Bertz CT molecular complexity index is 3630. The fraction of sp³-hybridized carbons (Fsp3) is 0. The maximum atomic E-state index is 2.40. The Labute approximate surface area is 377 Å². The Hall–Kier alpha value is -8.04. The molecule has 1 nitrogen and oxygen atoms in total. The summed E-state index contributed by atoms with van der Waals surface area (Å²) in [4.78, 5) is 2.40. The molecule has 0 saturated heterocycles. The van der Waals surface area contributed by atoms with Crippen molar-refractivity contribution in [1.82, 2.24) is 0 Å². The number of nitrogens with zero attached hydrogens (tertiary/aromatic N) is 1. The number of thiophene rings is 1. The lowest BCUT2D eigenvalue weighted by Gasteiger charge is -2.27. The van der Waals surface area contributed by atoms with Gasteiger partial charge in [-0.1, -0.05) is 212 Å².